The molecule has 0 fully saturated rings. The summed E-state index contributed by atoms with van der Waals surface area (Å²) >= 11 is 0. The molecule has 1 aromatic carbocycles. The monoisotopic (exact) mass is 279 g/mol. The minimum Gasteiger partial charge on any atom is -0.310 e. The Morgan fingerprint density at radius 3 is 2.76 bits per heavy atom. The molecule has 4 heteroatoms. The SMILES string of the molecule is CC(CCc1ccccc1)c1nc2ncccc2c(=O)[nH]1. The molecule has 106 valence electrons. The first-order valence-electron chi connectivity index (χ1n) is 7.13. The summed E-state index contributed by atoms with van der Waals surface area (Å²) in [7, 11) is 0. The van der Waals surface area contributed by atoms with E-state index in [-0.39, 0.29) is 11.5 Å². The lowest BCUT2D eigenvalue weighted by Crippen LogP contribution is -2.14. The van der Waals surface area contributed by atoms with E-state index in [9.17, 15) is 4.79 Å². The van der Waals surface area contributed by atoms with E-state index in [1.165, 1.54) is 5.56 Å². The molecule has 0 bridgehead atoms. The Morgan fingerprint density at radius 2 is 1.95 bits per heavy atom. The number of rotatable bonds is 4. The second-order valence-corrected chi connectivity index (χ2v) is 5.25. The van der Waals surface area contributed by atoms with Gasteiger partial charge in [-0.15, -0.1) is 0 Å². The maximum atomic E-state index is 12.0. The second-order valence-electron chi connectivity index (χ2n) is 5.25. The molecule has 0 saturated carbocycles. The van der Waals surface area contributed by atoms with Crippen molar-refractivity contribution in [2.75, 3.05) is 0 Å². The van der Waals surface area contributed by atoms with Crippen LogP contribution in [0.15, 0.2) is 53.5 Å². The van der Waals surface area contributed by atoms with E-state index in [1.54, 1.807) is 18.3 Å². The van der Waals surface area contributed by atoms with Crippen LogP contribution in [-0.4, -0.2) is 15.0 Å². The summed E-state index contributed by atoms with van der Waals surface area (Å²) in [5, 5.41) is 0.538. The summed E-state index contributed by atoms with van der Waals surface area (Å²) in [5.41, 5.74) is 1.70. The third-order valence-electron chi connectivity index (χ3n) is 3.67. The van der Waals surface area contributed by atoms with Gasteiger partial charge < -0.3 is 4.98 Å². The molecule has 0 aliphatic carbocycles. The predicted octanol–water partition coefficient (Wildman–Crippen LogP) is 3.05. The molecular weight excluding hydrogens is 262 g/mol. The Hall–Kier alpha value is -2.49. The second kappa shape index (κ2) is 5.87. The highest BCUT2D eigenvalue weighted by molar-refractivity contribution is 5.72. The van der Waals surface area contributed by atoms with Gasteiger partial charge in [0.05, 0.1) is 5.39 Å². The minimum atomic E-state index is -0.116. The molecule has 1 N–H and O–H groups in total. The first kappa shape index (κ1) is 13.5. The molecule has 0 spiro atoms. The number of nitrogens with one attached hydrogen (secondary N) is 1. The number of nitrogens with zero attached hydrogens (tertiary/aromatic N) is 2. The number of aromatic amines is 1. The first-order valence-corrected chi connectivity index (χ1v) is 7.13. The molecule has 1 unspecified atom stereocenters. The highest BCUT2D eigenvalue weighted by atomic mass is 16.1. The minimum absolute atomic E-state index is 0.116. The van der Waals surface area contributed by atoms with Gasteiger partial charge in [0.15, 0.2) is 5.65 Å². The predicted molar refractivity (Wildman–Crippen MR) is 83.3 cm³/mol. The first-order chi connectivity index (χ1) is 10.2. The van der Waals surface area contributed by atoms with Crippen LogP contribution in [-0.2, 0) is 6.42 Å². The molecule has 0 aliphatic rings. The summed E-state index contributed by atoms with van der Waals surface area (Å²) in [4.78, 5) is 23.6. The molecule has 0 amide bonds. The van der Waals surface area contributed by atoms with Crippen molar-refractivity contribution in [3.05, 3.63) is 70.4 Å². The highest BCUT2D eigenvalue weighted by Crippen LogP contribution is 2.18. The highest BCUT2D eigenvalue weighted by Gasteiger charge is 2.11. The van der Waals surface area contributed by atoms with Gasteiger partial charge in [0.1, 0.15) is 5.82 Å². The zero-order valence-corrected chi connectivity index (χ0v) is 11.9. The maximum Gasteiger partial charge on any atom is 0.260 e. The summed E-state index contributed by atoms with van der Waals surface area (Å²) in [5.74, 6) is 0.895. The van der Waals surface area contributed by atoms with Crippen LogP contribution in [0.25, 0.3) is 11.0 Å². The van der Waals surface area contributed by atoms with Crippen molar-refractivity contribution in [2.24, 2.45) is 0 Å². The Morgan fingerprint density at radius 1 is 1.14 bits per heavy atom. The standard InChI is InChI=1S/C17H17N3O/c1-12(9-10-13-6-3-2-4-7-13)15-19-16-14(17(21)20-15)8-5-11-18-16/h2-8,11-12H,9-10H2,1H3,(H,18,19,20,21). The molecule has 1 atom stereocenters. The number of benzene rings is 1. The van der Waals surface area contributed by atoms with E-state index in [0.717, 1.165) is 12.8 Å². The molecule has 2 aromatic heterocycles. The van der Waals surface area contributed by atoms with Crippen LogP contribution in [0.2, 0.25) is 0 Å². The fourth-order valence-electron chi connectivity index (χ4n) is 2.39. The molecule has 0 saturated heterocycles. The van der Waals surface area contributed by atoms with Crippen LogP contribution in [0.1, 0.15) is 30.7 Å². The average Bonchev–Trinajstić information content (AvgIpc) is 2.53. The number of hydrogen-bond acceptors (Lipinski definition) is 3. The Bertz CT molecular complexity index is 796. The molecule has 0 aliphatic heterocycles. The van der Waals surface area contributed by atoms with E-state index in [4.69, 9.17) is 0 Å². The number of pyridine rings is 1. The lowest BCUT2D eigenvalue weighted by Gasteiger charge is -2.11. The fourth-order valence-corrected chi connectivity index (χ4v) is 2.39. The van der Waals surface area contributed by atoms with Crippen molar-refractivity contribution in [1.82, 2.24) is 15.0 Å². The van der Waals surface area contributed by atoms with Crippen LogP contribution in [0.4, 0.5) is 0 Å². The Labute approximate surface area is 122 Å². The molecule has 4 nitrogen and oxygen atoms in total. The lowest BCUT2D eigenvalue weighted by molar-refractivity contribution is 0.638. The third kappa shape index (κ3) is 2.99. The van der Waals surface area contributed by atoms with Crippen LogP contribution in [0.5, 0.6) is 0 Å². The molecule has 21 heavy (non-hydrogen) atoms. The van der Waals surface area contributed by atoms with Crippen molar-refractivity contribution in [2.45, 2.75) is 25.7 Å². The van der Waals surface area contributed by atoms with Crippen molar-refractivity contribution >= 4 is 11.0 Å². The maximum absolute atomic E-state index is 12.0. The van der Waals surface area contributed by atoms with Gasteiger partial charge in [0.2, 0.25) is 0 Å². The Kier molecular flexibility index (Phi) is 3.77. The van der Waals surface area contributed by atoms with Crippen molar-refractivity contribution < 1.29 is 0 Å². The summed E-state index contributed by atoms with van der Waals surface area (Å²) in [6, 6.07) is 13.8. The largest absolute Gasteiger partial charge is 0.310 e. The fraction of sp³-hybridized carbons (Fsp3) is 0.235. The van der Waals surface area contributed by atoms with Gasteiger partial charge in [-0.05, 0) is 30.5 Å². The van der Waals surface area contributed by atoms with Crippen LogP contribution in [0.3, 0.4) is 0 Å². The van der Waals surface area contributed by atoms with Gasteiger partial charge in [-0.25, -0.2) is 9.97 Å². The topological polar surface area (TPSA) is 58.6 Å². The van der Waals surface area contributed by atoms with Crippen molar-refractivity contribution in [1.29, 1.82) is 0 Å². The van der Waals surface area contributed by atoms with E-state index in [0.29, 0.717) is 16.9 Å². The van der Waals surface area contributed by atoms with Gasteiger partial charge >= 0.3 is 0 Å². The summed E-state index contributed by atoms with van der Waals surface area (Å²) in [6.45, 7) is 2.08. The molecular formula is C17H17N3O. The number of fused-ring (bicyclic) bond motifs is 1. The van der Waals surface area contributed by atoms with Gasteiger partial charge in [-0.1, -0.05) is 37.3 Å². The van der Waals surface area contributed by atoms with E-state index in [2.05, 4.69) is 34.0 Å². The van der Waals surface area contributed by atoms with E-state index in [1.807, 2.05) is 18.2 Å². The summed E-state index contributed by atoms with van der Waals surface area (Å²) in [6.07, 6.45) is 3.56. The zero-order valence-electron chi connectivity index (χ0n) is 11.9. The Balaban J connectivity index is 1.81. The van der Waals surface area contributed by atoms with Crippen LogP contribution < -0.4 is 5.56 Å². The van der Waals surface area contributed by atoms with Gasteiger partial charge in [-0.3, -0.25) is 4.79 Å². The van der Waals surface area contributed by atoms with Gasteiger partial charge in [-0.2, -0.15) is 0 Å². The van der Waals surface area contributed by atoms with Crippen LogP contribution >= 0.6 is 0 Å². The zero-order chi connectivity index (χ0) is 14.7. The van der Waals surface area contributed by atoms with E-state index >= 15 is 0 Å². The van der Waals surface area contributed by atoms with Crippen molar-refractivity contribution in [3.63, 3.8) is 0 Å². The summed E-state index contributed by atoms with van der Waals surface area (Å²) < 4.78 is 0. The lowest BCUT2D eigenvalue weighted by atomic mass is 10.0. The molecule has 0 radical (unpaired) electrons. The third-order valence-corrected chi connectivity index (χ3v) is 3.67. The number of H-pyrrole nitrogens is 1. The molecule has 2 heterocycles. The molecule has 3 rings (SSSR count). The average molecular weight is 279 g/mol. The number of aromatic nitrogens is 3. The number of aryl methyl sites for hydroxylation is 1. The van der Waals surface area contributed by atoms with E-state index < -0.39 is 0 Å². The smallest absolute Gasteiger partial charge is 0.260 e. The van der Waals surface area contributed by atoms with Gasteiger partial charge in [0, 0.05) is 12.1 Å². The quantitative estimate of drug-likeness (QED) is 0.798. The van der Waals surface area contributed by atoms with Gasteiger partial charge in [0.25, 0.3) is 5.56 Å². The normalized spacial score (nSPS) is 12.4. The van der Waals surface area contributed by atoms with Crippen LogP contribution in [0, 0.1) is 0 Å². The van der Waals surface area contributed by atoms with Crippen molar-refractivity contribution in [3.8, 4) is 0 Å². The molecule has 3 aromatic rings. The number of hydrogen-bond donors (Lipinski definition) is 1.